The summed E-state index contributed by atoms with van der Waals surface area (Å²) in [6.45, 7) is 3.58. The van der Waals surface area contributed by atoms with Gasteiger partial charge >= 0.3 is 0 Å². The van der Waals surface area contributed by atoms with Crippen molar-refractivity contribution in [1.82, 2.24) is 9.88 Å². The Morgan fingerprint density at radius 2 is 2.00 bits per heavy atom. The SMILES string of the molecule is CCc1ccc2[nH]c(=O)c(CN(CC3CCCO3)C(=O)c3ccccc3)cc2c1. The van der Waals surface area contributed by atoms with Crippen molar-refractivity contribution in [2.24, 2.45) is 0 Å². The molecule has 1 amide bonds. The monoisotopic (exact) mass is 390 g/mol. The quantitative estimate of drug-likeness (QED) is 0.694. The van der Waals surface area contributed by atoms with E-state index in [-0.39, 0.29) is 24.1 Å². The minimum Gasteiger partial charge on any atom is -0.376 e. The van der Waals surface area contributed by atoms with Crippen LogP contribution in [0.15, 0.2) is 59.4 Å². The van der Waals surface area contributed by atoms with E-state index >= 15 is 0 Å². The first-order chi connectivity index (χ1) is 14.1. The van der Waals surface area contributed by atoms with Crippen molar-refractivity contribution in [2.75, 3.05) is 13.2 Å². The largest absolute Gasteiger partial charge is 0.376 e. The van der Waals surface area contributed by atoms with E-state index in [1.165, 1.54) is 5.56 Å². The normalized spacial score (nSPS) is 16.2. The summed E-state index contributed by atoms with van der Waals surface area (Å²) in [4.78, 5) is 30.6. The molecule has 5 heteroatoms. The van der Waals surface area contributed by atoms with Crippen molar-refractivity contribution in [3.05, 3.63) is 81.6 Å². The molecule has 4 rings (SSSR count). The number of carbonyl (C=O) groups is 1. The van der Waals surface area contributed by atoms with Gasteiger partial charge in [0.25, 0.3) is 11.5 Å². The van der Waals surface area contributed by atoms with Gasteiger partial charge in [0, 0.05) is 29.8 Å². The number of amides is 1. The molecule has 0 radical (unpaired) electrons. The number of carbonyl (C=O) groups excluding carboxylic acids is 1. The summed E-state index contributed by atoms with van der Waals surface area (Å²) in [5.41, 5.74) is 3.09. The molecule has 0 bridgehead atoms. The van der Waals surface area contributed by atoms with Crippen molar-refractivity contribution >= 4 is 16.8 Å². The van der Waals surface area contributed by atoms with E-state index in [4.69, 9.17) is 4.74 Å². The molecule has 1 saturated heterocycles. The van der Waals surface area contributed by atoms with E-state index < -0.39 is 0 Å². The summed E-state index contributed by atoms with van der Waals surface area (Å²) in [7, 11) is 0. The number of nitrogens with one attached hydrogen (secondary N) is 1. The zero-order valence-electron chi connectivity index (χ0n) is 16.7. The lowest BCUT2D eigenvalue weighted by Crippen LogP contribution is -2.38. The van der Waals surface area contributed by atoms with E-state index in [1.54, 1.807) is 4.90 Å². The molecule has 1 aliphatic rings. The van der Waals surface area contributed by atoms with Crippen LogP contribution < -0.4 is 5.56 Å². The summed E-state index contributed by atoms with van der Waals surface area (Å²) >= 11 is 0. The minimum atomic E-state index is -0.153. The lowest BCUT2D eigenvalue weighted by atomic mass is 10.1. The molecule has 1 N–H and O–H groups in total. The smallest absolute Gasteiger partial charge is 0.254 e. The van der Waals surface area contributed by atoms with Crippen LogP contribution in [0.4, 0.5) is 0 Å². The highest BCUT2D eigenvalue weighted by Gasteiger charge is 2.24. The molecule has 0 saturated carbocycles. The Hall–Kier alpha value is -2.92. The second-order valence-electron chi connectivity index (χ2n) is 7.59. The zero-order chi connectivity index (χ0) is 20.2. The Kier molecular flexibility index (Phi) is 5.76. The summed E-state index contributed by atoms with van der Waals surface area (Å²) in [5, 5.41) is 0.989. The molecular formula is C24H26N2O3. The Bertz CT molecular complexity index is 1050. The van der Waals surface area contributed by atoms with E-state index in [0.29, 0.717) is 17.7 Å². The van der Waals surface area contributed by atoms with Gasteiger partial charge in [-0.25, -0.2) is 0 Å². The molecule has 1 fully saturated rings. The highest BCUT2D eigenvalue weighted by molar-refractivity contribution is 5.94. The molecule has 0 spiro atoms. The van der Waals surface area contributed by atoms with E-state index in [1.807, 2.05) is 48.5 Å². The van der Waals surface area contributed by atoms with Crippen molar-refractivity contribution in [1.29, 1.82) is 0 Å². The number of hydrogen-bond donors (Lipinski definition) is 1. The van der Waals surface area contributed by atoms with Gasteiger partial charge in [-0.15, -0.1) is 0 Å². The number of benzene rings is 2. The first-order valence-corrected chi connectivity index (χ1v) is 10.2. The molecule has 5 nitrogen and oxygen atoms in total. The van der Waals surface area contributed by atoms with Gasteiger partial charge in [-0.05, 0) is 60.5 Å². The number of aromatic nitrogens is 1. The number of aromatic amines is 1. The third-order valence-electron chi connectivity index (χ3n) is 5.51. The fourth-order valence-electron chi connectivity index (χ4n) is 3.86. The number of rotatable bonds is 6. The van der Waals surface area contributed by atoms with Crippen molar-refractivity contribution in [2.45, 2.75) is 38.8 Å². The maximum Gasteiger partial charge on any atom is 0.254 e. The van der Waals surface area contributed by atoms with Gasteiger partial charge in [-0.1, -0.05) is 31.2 Å². The second kappa shape index (κ2) is 8.62. The molecule has 2 heterocycles. The molecule has 2 aromatic carbocycles. The van der Waals surface area contributed by atoms with Gasteiger partial charge in [-0.3, -0.25) is 9.59 Å². The van der Waals surface area contributed by atoms with Gasteiger partial charge < -0.3 is 14.6 Å². The predicted molar refractivity (Wildman–Crippen MR) is 114 cm³/mol. The van der Waals surface area contributed by atoms with Crippen LogP contribution in [0.2, 0.25) is 0 Å². The molecule has 150 valence electrons. The topological polar surface area (TPSA) is 62.4 Å². The number of pyridine rings is 1. The highest BCUT2D eigenvalue weighted by Crippen LogP contribution is 2.19. The number of fused-ring (bicyclic) bond motifs is 1. The van der Waals surface area contributed by atoms with E-state index in [2.05, 4.69) is 18.0 Å². The molecule has 1 unspecified atom stereocenters. The Morgan fingerprint density at radius 1 is 1.17 bits per heavy atom. The van der Waals surface area contributed by atoms with Gasteiger partial charge in [0.15, 0.2) is 0 Å². The van der Waals surface area contributed by atoms with Gasteiger partial charge in [0.1, 0.15) is 0 Å². The van der Waals surface area contributed by atoms with Gasteiger partial charge in [0.2, 0.25) is 0 Å². The maximum atomic E-state index is 13.2. The number of H-pyrrole nitrogens is 1. The highest BCUT2D eigenvalue weighted by atomic mass is 16.5. The fraction of sp³-hybridized carbons (Fsp3) is 0.333. The summed E-state index contributed by atoms with van der Waals surface area (Å²) in [6, 6.07) is 17.2. The molecular weight excluding hydrogens is 364 g/mol. The summed E-state index contributed by atoms with van der Waals surface area (Å²) < 4.78 is 5.76. The Morgan fingerprint density at radius 3 is 2.72 bits per heavy atom. The van der Waals surface area contributed by atoms with Crippen LogP contribution in [0, 0.1) is 0 Å². The summed E-state index contributed by atoms with van der Waals surface area (Å²) in [6.07, 6.45) is 2.90. The standard InChI is InChI=1S/C24H26N2O3/c1-2-17-10-11-22-19(13-17)14-20(23(27)25-22)15-26(16-21-9-6-12-29-21)24(28)18-7-4-3-5-8-18/h3-5,7-8,10-11,13-14,21H,2,6,9,12,15-16H2,1H3,(H,25,27). The van der Waals surface area contributed by atoms with Crippen LogP contribution in [0.25, 0.3) is 10.9 Å². The van der Waals surface area contributed by atoms with Crippen LogP contribution in [0.3, 0.4) is 0 Å². The molecule has 1 atom stereocenters. The minimum absolute atomic E-state index is 0.0221. The van der Waals surface area contributed by atoms with Crippen molar-refractivity contribution < 1.29 is 9.53 Å². The number of ether oxygens (including phenoxy) is 1. The first-order valence-electron chi connectivity index (χ1n) is 10.2. The second-order valence-corrected chi connectivity index (χ2v) is 7.59. The van der Waals surface area contributed by atoms with Gasteiger partial charge in [-0.2, -0.15) is 0 Å². The van der Waals surface area contributed by atoms with Crippen molar-refractivity contribution in [3.63, 3.8) is 0 Å². The Labute approximate surface area is 170 Å². The predicted octanol–water partition coefficient (Wildman–Crippen LogP) is 3.91. The molecule has 29 heavy (non-hydrogen) atoms. The van der Waals surface area contributed by atoms with Crippen LogP contribution in [0.5, 0.6) is 0 Å². The lowest BCUT2D eigenvalue weighted by Gasteiger charge is -2.25. The summed E-state index contributed by atoms with van der Waals surface area (Å²) in [5.74, 6) is -0.0806. The molecule has 0 aliphatic carbocycles. The molecule has 3 aromatic rings. The fourth-order valence-corrected chi connectivity index (χ4v) is 3.86. The maximum absolute atomic E-state index is 13.2. The van der Waals surface area contributed by atoms with Crippen LogP contribution in [0.1, 0.15) is 41.3 Å². The van der Waals surface area contributed by atoms with Gasteiger partial charge in [0.05, 0.1) is 12.6 Å². The van der Waals surface area contributed by atoms with E-state index in [9.17, 15) is 9.59 Å². The van der Waals surface area contributed by atoms with Crippen LogP contribution in [-0.4, -0.2) is 35.0 Å². The Balaban J connectivity index is 1.66. The number of aryl methyl sites for hydroxylation is 1. The van der Waals surface area contributed by atoms with Crippen LogP contribution in [-0.2, 0) is 17.7 Å². The average Bonchev–Trinajstić information content (AvgIpc) is 3.26. The van der Waals surface area contributed by atoms with Crippen LogP contribution >= 0.6 is 0 Å². The molecule has 1 aliphatic heterocycles. The van der Waals surface area contributed by atoms with Crippen molar-refractivity contribution in [3.8, 4) is 0 Å². The first kappa shape index (κ1) is 19.4. The van der Waals surface area contributed by atoms with E-state index in [0.717, 1.165) is 36.8 Å². The average molecular weight is 390 g/mol. The number of nitrogens with zero attached hydrogens (tertiary/aromatic N) is 1. The number of hydrogen-bond acceptors (Lipinski definition) is 3. The lowest BCUT2D eigenvalue weighted by molar-refractivity contribution is 0.0506. The third-order valence-corrected chi connectivity index (χ3v) is 5.51. The molecule has 1 aromatic heterocycles. The zero-order valence-corrected chi connectivity index (χ0v) is 16.7. The third kappa shape index (κ3) is 4.40.